The van der Waals surface area contributed by atoms with Crippen molar-refractivity contribution in [2.45, 2.75) is 73.6 Å². The van der Waals surface area contributed by atoms with Crippen LogP contribution in [0.25, 0.3) is 67.5 Å². The number of halogens is 1. The van der Waals surface area contributed by atoms with E-state index < -0.39 is 29.0 Å². The highest BCUT2D eigenvalue weighted by Gasteiger charge is 2.21. The Balaban J connectivity index is 0.000000218. The number of ether oxygens (including phenoxy) is 3. The van der Waals surface area contributed by atoms with Gasteiger partial charge in [0.25, 0.3) is 17.1 Å². The third-order valence-electron chi connectivity index (χ3n) is 16.9. The lowest BCUT2D eigenvalue weighted by atomic mass is 9.98. The van der Waals surface area contributed by atoms with E-state index >= 15 is 0 Å². The minimum absolute atomic E-state index is 0. The second-order valence-corrected chi connectivity index (χ2v) is 25.7. The summed E-state index contributed by atoms with van der Waals surface area (Å²) in [5.41, 5.74) is 38.7. The van der Waals surface area contributed by atoms with Crippen LogP contribution < -0.4 is 33.6 Å². The molecule has 0 atom stereocenters. The van der Waals surface area contributed by atoms with Crippen molar-refractivity contribution >= 4 is 81.3 Å². The zero-order valence-corrected chi connectivity index (χ0v) is 63.9. The van der Waals surface area contributed by atoms with Gasteiger partial charge in [0.1, 0.15) is 0 Å². The number of benzene rings is 9. The molecular formula is C89H87ClN12O12. The fraction of sp³-hybridized carbons (Fsp3) is 0.157. The third-order valence-corrected chi connectivity index (χ3v) is 17.1. The average molecular weight is 1550 g/mol. The molecule has 3 heterocycles. The lowest BCUT2D eigenvalue weighted by Gasteiger charge is -2.14. The molecule has 0 spiro atoms. The van der Waals surface area contributed by atoms with Crippen molar-refractivity contribution in [1.82, 2.24) is 30.6 Å². The van der Waals surface area contributed by atoms with Crippen LogP contribution in [0, 0.1) is 20.8 Å². The van der Waals surface area contributed by atoms with Crippen molar-refractivity contribution in [2.24, 2.45) is 17.2 Å². The van der Waals surface area contributed by atoms with Gasteiger partial charge in [-0.2, -0.15) is 0 Å². The van der Waals surface area contributed by atoms with Gasteiger partial charge < -0.3 is 47.8 Å². The summed E-state index contributed by atoms with van der Waals surface area (Å²) in [4.78, 5) is 105. The molecule has 12 rings (SSSR count). The van der Waals surface area contributed by atoms with Crippen molar-refractivity contribution in [3.05, 3.63) is 304 Å². The molecule has 9 aromatic carbocycles. The quantitative estimate of drug-likeness (QED) is 0.0159. The van der Waals surface area contributed by atoms with E-state index in [4.69, 9.17) is 48.7 Å². The van der Waals surface area contributed by atoms with Gasteiger partial charge in [0.2, 0.25) is 17.7 Å². The van der Waals surface area contributed by atoms with Crippen LogP contribution in [0.2, 0.25) is 0 Å². The molecule has 10 N–H and O–H groups in total. The molecule has 0 fully saturated rings. The number of aromatic nitrogens is 6. The first kappa shape index (κ1) is 87.0. The van der Waals surface area contributed by atoms with Gasteiger partial charge in [0, 0.05) is 75.0 Å². The van der Waals surface area contributed by atoms with Crippen LogP contribution in [0.15, 0.2) is 243 Å². The first-order valence-corrected chi connectivity index (χ1v) is 35.8. The predicted octanol–water partition coefficient (Wildman–Crippen LogP) is 15.6. The number of nitrogens with zero attached hydrogens (tertiary/aromatic N) is 6. The number of para-hydroxylation sites is 3. The van der Waals surface area contributed by atoms with E-state index in [1.807, 2.05) is 155 Å². The average Bonchev–Trinajstić information content (AvgIpc) is 0.799. The summed E-state index contributed by atoms with van der Waals surface area (Å²) in [6.45, 7) is 7.80. The molecular weight excluding hydrogens is 1460 g/mol. The molecule has 25 heteroatoms. The number of carbonyl (C=O) groups excluding carboxylic acids is 9. The zero-order chi connectivity index (χ0) is 81.5. The molecule has 0 saturated heterocycles. The maximum absolute atomic E-state index is 12.9. The molecule has 0 bridgehead atoms. The first-order valence-electron chi connectivity index (χ1n) is 35.4. The second-order valence-electron chi connectivity index (χ2n) is 25.3. The topological polar surface area (TPSA) is 387 Å². The molecule has 0 aliphatic carbocycles. The van der Waals surface area contributed by atoms with Crippen molar-refractivity contribution in [1.29, 1.82) is 0 Å². The highest BCUT2D eigenvalue weighted by molar-refractivity contribution is 6.67. The molecule has 582 valence electrons. The van der Waals surface area contributed by atoms with Crippen LogP contribution in [-0.2, 0) is 41.4 Å². The first-order chi connectivity index (χ1) is 54.4. The van der Waals surface area contributed by atoms with Crippen LogP contribution in [0.1, 0.15) is 130 Å². The number of hydrogen-bond donors (Lipinski definition) is 6. The monoisotopic (exact) mass is 1550 g/mol. The van der Waals surface area contributed by atoms with Gasteiger partial charge in [-0.25, -0.2) is 14.4 Å². The predicted molar refractivity (Wildman–Crippen MR) is 443 cm³/mol. The summed E-state index contributed by atoms with van der Waals surface area (Å²) in [5.74, 6) is -2.91. The number of aryl methyl sites for hydroxylation is 5. The molecule has 0 saturated carbocycles. The number of nitrogens with one attached hydrogen (secondary N) is 2. The maximum Gasteiger partial charge on any atom is 0.337 e. The van der Waals surface area contributed by atoms with Crippen LogP contribution in [-0.4, -0.2) is 105 Å². The minimum Gasteiger partial charge on any atom is -0.465 e. The Morgan fingerprint density at radius 2 is 0.702 bits per heavy atom. The molecule has 12 aromatic rings. The van der Waals surface area contributed by atoms with Gasteiger partial charge in [-0.05, 0) is 178 Å². The SMILES string of the molecule is C.CCCC(N)=O.COC(=O)c1cccc(-c2ccc(-c3ccccc3N)nn2)c1.COC(=O)c1cccc(-c2nnc(-c3ccccc3NC(=O)c3ccc(C)cc3)cc2CCC(N)=O)c1.COC(=O)c1cccc(-c2nnc(-c3ccccc3NC(=O)c3ccc(C)cc3)cc2CCC(N)=O)c1.Cc1ccc(C(=O)Cl)cc1. The molecule has 24 nitrogen and oxygen atoms in total. The fourth-order valence-corrected chi connectivity index (χ4v) is 11.1. The minimum atomic E-state index is -0.469. The van der Waals surface area contributed by atoms with Crippen LogP contribution >= 0.6 is 11.6 Å². The van der Waals surface area contributed by atoms with Crippen LogP contribution in [0.3, 0.4) is 0 Å². The number of anilines is 3. The van der Waals surface area contributed by atoms with Gasteiger partial charge >= 0.3 is 17.9 Å². The van der Waals surface area contributed by atoms with Gasteiger partial charge in [-0.1, -0.05) is 158 Å². The van der Waals surface area contributed by atoms with Gasteiger partial charge in [0.15, 0.2) is 0 Å². The summed E-state index contributed by atoms with van der Waals surface area (Å²) >= 11 is 5.22. The van der Waals surface area contributed by atoms with E-state index in [0.717, 1.165) is 45.4 Å². The van der Waals surface area contributed by atoms with Gasteiger partial charge in [-0.3, -0.25) is 28.8 Å². The molecule has 0 aliphatic heterocycles. The molecule has 0 radical (unpaired) electrons. The Kier molecular flexibility index (Phi) is 33.0. The lowest BCUT2D eigenvalue weighted by molar-refractivity contribution is -0.118. The normalized spacial score (nSPS) is 10.2. The Labute approximate surface area is 665 Å². The van der Waals surface area contributed by atoms with Crippen molar-refractivity contribution in [2.75, 3.05) is 37.7 Å². The molecule has 114 heavy (non-hydrogen) atoms. The Morgan fingerprint density at radius 1 is 0.360 bits per heavy atom. The number of esters is 3. The number of carbonyl (C=O) groups is 9. The molecule has 0 unspecified atom stereocenters. The highest BCUT2D eigenvalue weighted by Crippen LogP contribution is 2.34. The Hall–Kier alpha value is -14.3. The van der Waals surface area contributed by atoms with Gasteiger partial charge in [-0.15, -0.1) is 30.6 Å². The number of hydrogen-bond acceptors (Lipinski definition) is 19. The van der Waals surface area contributed by atoms with E-state index in [2.05, 4.69) is 41.2 Å². The Bertz CT molecular complexity index is 5150. The number of nitrogens with two attached hydrogens (primary N) is 4. The van der Waals surface area contributed by atoms with Gasteiger partial charge in [0.05, 0.1) is 83.6 Å². The number of rotatable bonds is 22. The smallest absolute Gasteiger partial charge is 0.337 e. The highest BCUT2D eigenvalue weighted by atomic mass is 35.5. The standard InChI is InChI=1S/2C29H26N4O4.C18H15N3O2.C8H7ClO.C4H9NO.CH4/c2*1-18-10-12-19(13-11-18)28(35)31-24-9-4-3-8-23(24)25-17-21(14-15-26(30)34)27(33-32-25)20-6-5-7-22(16-20)29(36)37-2;1-23-18(22)13-6-4-5-12(11-13)16-9-10-17(21-20-16)14-7-2-3-8-15(14)19;1-6-2-4-7(5-3-6)8(9)10;1-2-3-4(5)6;/h2*3-13,16-17H,14-15H2,1-2H3,(H2,30,34)(H,31,35);2-11H,19H2,1H3;2-5H,1H3;2-3H2,1H3,(H2,5,6);1H4. The van der Waals surface area contributed by atoms with Crippen molar-refractivity contribution in [3.8, 4) is 67.5 Å². The summed E-state index contributed by atoms with van der Waals surface area (Å²) < 4.78 is 14.4. The van der Waals surface area contributed by atoms with E-state index in [1.54, 1.807) is 115 Å². The Morgan fingerprint density at radius 3 is 1.05 bits per heavy atom. The summed E-state index contributed by atoms with van der Waals surface area (Å²) in [5, 5.41) is 31.7. The molecule has 3 aromatic heterocycles. The molecule has 5 amide bonds. The lowest BCUT2D eigenvalue weighted by Crippen LogP contribution is -2.13. The molecule has 0 aliphatic rings. The number of amides is 5. The van der Waals surface area contributed by atoms with Crippen LogP contribution in [0.5, 0.6) is 0 Å². The van der Waals surface area contributed by atoms with Crippen molar-refractivity contribution < 1.29 is 57.4 Å². The van der Waals surface area contributed by atoms with E-state index in [1.165, 1.54) is 21.3 Å². The van der Waals surface area contributed by atoms with E-state index in [0.29, 0.717) is 126 Å². The van der Waals surface area contributed by atoms with E-state index in [9.17, 15) is 43.2 Å². The zero-order valence-electron chi connectivity index (χ0n) is 63.1. The summed E-state index contributed by atoms with van der Waals surface area (Å²) in [6.07, 6.45) is 2.25. The van der Waals surface area contributed by atoms with Crippen molar-refractivity contribution in [3.63, 3.8) is 0 Å². The second kappa shape index (κ2) is 43.2. The number of methoxy groups -OCH3 is 3. The number of primary amides is 3. The van der Waals surface area contributed by atoms with Crippen LogP contribution in [0.4, 0.5) is 17.1 Å². The van der Waals surface area contributed by atoms with E-state index in [-0.39, 0.29) is 44.0 Å². The summed E-state index contributed by atoms with van der Waals surface area (Å²) in [7, 11) is 3.99. The largest absolute Gasteiger partial charge is 0.465 e. The third kappa shape index (κ3) is 25.4. The fourth-order valence-electron chi connectivity index (χ4n) is 11.0. The maximum atomic E-state index is 12.9. The summed E-state index contributed by atoms with van der Waals surface area (Å²) in [6, 6.07) is 72.0. The number of nitrogen functional groups attached to an aromatic ring is 1.